The minimum atomic E-state index is 0.413. The first-order chi connectivity index (χ1) is 8.78. The molecule has 0 aliphatic carbocycles. The van der Waals surface area contributed by atoms with Crippen LogP contribution in [0.25, 0.3) is 0 Å². The average Bonchev–Trinajstić information content (AvgIpc) is 2.82. The van der Waals surface area contributed by atoms with E-state index in [0.717, 1.165) is 36.1 Å². The summed E-state index contributed by atoms with van der Waals surface area (Å²) in [6.07, 6.45) is 4.60. The zero-order valence-corrected chi connectivity index (χ0v) is 11.8. The number of piperidine rings is 1. The summed E-state index contributed by atoms with van der Waals surface area (Å²) in [5, 5.41) is 0.971. The molecule has 1 aliphatic rings. The zero-order valence-electron chi connectivity index (χ0n) is 11.0. The van der Waals surface area contributed by atoms with Crippen LogP contribution in [-0.2, 0) is 11.3 Å². The van der Waals surface area contributed by atoms with Crippen LogP contribution in [-0.4, -0.2) is 31.5 Å². The average molecular weight is 268 g/mol. The van der Waals surface area contributed by atoms with Crippen LogP contribution < -0.4 is 4.90 Å². The third kappa shape index (κ3) is 2.90. The van der Waals surface area contributed by atoms with Gasteiger partial charge in [0.25, 0.3) is 0 Å². The number of carbonyl (C=O) groups is 1. The molecule has 18 heavy (non-hydrogen) atoms. The Labute approximate surface area is 112 Å². The van der Waals surface area contributed by atoms with Crippen molar-refractivity contribution in [2.45, 2.75) is 32.8 Å². The lowest BCUT2D eigenvalue weighted by atomic mass is 9.95. The third-order valence-electron chi connectivity index (χ3n) is 3.57. The van der Waals surface area contributed by atoms with Crippen molar-refractivity contribution in [2.24, 2.45) is 5.92 Å². The molecule has 4 nitrogen and oxygen atoms in total. The van der Waals surface area contributed by atoms with Gasteiger partial charge in [0.2, 0.25) is 0 Å². The molecule has 1 fully saturated rings. The van der Waals surface area contributed by atoms with E-state index in [0.29, 0.717) is 11.5 Å². The molecule has 0 unspecified atom stereocenters. The summed E-state index contributed by atoms with van der Waals surface area (Å²) in [5.41, 5.74) is 0.769. The van der Waals surface area contributed by atoms with Crippen LogP contribution in [0.15, 0.2) is 0 Å². The first-order valence-electron chi connectivity index (χ1n) is 6.47. The number of hydrogen-bond acceptors (Lipinski definition) is 5. The number of nitrogens with zero attached hydrogens (tertiary/aromatic N) is 2. The van der Waals surface area contributed by atoms with E-state index in [4.69, 9.17) is 4.74 Å². The molecular weight excluding hydrogens is 248 g/mol. The maximum absolute atomic E-state index is 11.0. The first-order valence-corrected chi connectivity index (χ1v) is 7.28. The van der Waals surface area contributed by atoms with E-state index in [1.54, 1.807) is 7.11 Å². The summed E-state index contributed by atoms with van der Waals surface area (Å²) < 4.78 is 5.07. The molecule has 1 aliphatic heterocycles. The monoisotopic (exact) mass is 268 g/mol. The molecule has 0 saturated carbocycles. The van der Waals surface area contributed by atoms with Crippen molar-refractivity contribution in [3.05, 3.63) is 10.6 Å². The second kappa shape index (κ2) is 6.29. The predicted molar refractivity (Wildman–Crippen MR) is 73.4 cm³/mol. The maximum Gasteiger partial charge on any atom is 0.186 e. The summed E-state index contributed by atoms with van der Waals surface area (Å²) >= 11 is 1.48. The van der Waals surface area contributed by atoms with Crippen LogP contribution in [0.5, 0.6) is 0 Å². The van der Waals surface area contributed by atoms with Gasteiger partial charge in [0.15, 0.2) is 11.4 Å². The Morgan fingerprint density at radius 1 is 1.50 bits per heavy atom. The zero-order chi connectivity index (χ0) is 13.0. The third-order valence-corrected chi connectivity index (χ3v) is 4.65. The minimum Gasteiger partial charge on any atom is -0.378 e. The van der Waals surface area contributed by atoms with Gasteiger partial charge in [-0.05, 0) is 18.8 Å². The summed E-state index contributed by atoms with van der Waals surface area (Å²) in [7, 11) is 1.63. The van der Waals surface area contributed by atoms with Crippen molar-refractivity contribution < 1.29 is 9.53 Å². The summed E-state index contributed by atoms with van der Waals surface area (Å²) in [6.45, 7) is 4.77. The molecule has 0 amide bonds. The van der Waals surface area contributed by atoms with Crippen molar-refractivity contribution in [3.8, 4) is 0 Å². The summed E-state index contributed by atoms with van der Waals surface area (Å²) in [5.74, 6) is 0.852. The van der Waals surface area contributed by atoms with Crippen molar-refractivity contribution in [2.75, 3.05) is 25.1 Å². The molecular formula is C13H20N2O2S. The molecule has 0 aromatic carbocycles. The first kappa shape index (κ1) is 13.5. The highest BCUT2D eigenvalue weighted by Gasteiger charge is 2.21. The number of anilines is 1. The van der Waals surface area contributed by atoms with Crippen molar-refractivity contribution in [1.82, 2.24) is 4.98 Å². The van der Waals surface area contributed by atoms with Gasteiger partial charge in [0, 0.05) is 20.2 Å². The largest absolute Gasteiger partial charge is 0.378 e. The van der Waals surface area contributed by atoms with Gasteiger partial charge in [0.05, 0.1) is 17.2 Å². The number of aldehydes is 1. The van der Waals surface area contributed by atoms with E-state index >= 15 is 0 Å². The Bertz CT molecular complexity index is 398. The number of hydrogen-bond donors (Lipinski definition) is 0. The quantitative estimate of drug-likeness (QED) is 0.770. The Kier molecular flexibility index (Phi) is 4.72. The predicted octanol–water partition coefficient (Wildman–Crippen LogP) is 2.73. The lowest BCUT2D eigenvalue weighted by Crippen LogP contribution is -2.33. The number of methoxy groups -OCH3 is 1. The fourth-order valence-electron chi connectivity index (χ4n) is 2.35. The smallest absolute Gasteiger partial charge is 0.186 e. The van der Waals surface area contributed by atoms with Gasteiger partial charge in [-0.2, -0.15) is 0 Å². The van der Waals surface area contributed by atoms with Crippen LogP contribution in [0, 0.1) is 5.92 Å². The van der Waals surface area contributed by atoms with E-state index in [1.165, 1.54) is 30.6 Å². The maximum atomic E-state index is 11.0. The lowest BCUT2D eigenvalue weighted by Gasteiger charge is -2.31. The number of rotatable bonds is 5. The Hall–Kier alpha value is -0.940. The number of thiazole rings is 1. The number of aromatic nitrogens is 1. The SMILES string of the molecule is CCC1CCN(c2nc(COC)c(C=O)s2)CC1. The van der Waals surface area contributed by atoms with E-state index < -0.39 is 0 Å². The van der Waals surface area contributed by atoms with Gasteiger partial charge in [-0.25, -0.2) is 4.98 Å². The van der Waals surface area contributed by atoms with Gasteiger partial charge in [-0.15, -0.1) is 0 Å². The molecule has 2 rings (SSSR count). The van der Waals surface area contributed by atoms with Crippen molar-refractivity contribution in [3.63, 3.8) is 0 Å². The molecule has 1 aromatic heterocycles. The lowest BCUT2D eigenvalue weighted by molar-refractivity contribution is 0.112. The van der Waals surface area contributed by atoms with Crippen LogP contribution >= 0.6 is 11.3 Å². The minimum absolute atomic E-state index is 0.413. The Morgan fingerprint density at radius 2 is 2.22 bits per heavy atom. The molecule has 2 heterocycles. The van der Waals surface area contributed by atoms with Gasteiger partial charge in [0.1, 0.15) is 0 Å². The second-order valence-electron chi connectivity index (χ2n) is 4.70. The highest BCUT2D eigenvalue weighted by atomic mass is 32.1. The molecule has 100 valence electrons. The van der Waals surface area contributed by atoms with Crippen molar-refractivity contribution >= 4 is 22.8 Å². The summed E-state index contributed by atoms with van der Waals surface area (Å²) in [4.78, 5) is 18.5. The van der Waals surface area contributed by atoms with Crippen LogP contribution in [0.2, 0.25) is 0 Å². The van der Waals surface area contributed by atoms with E-state index in [1.807, 2.05) is 0 Å². The summed E-state index contributed by atoms with van der Waals surface area (Å²) in [6, 6.07) is 0. The molecule has 0 spiro atoms. The van der Waals surface area contributed by atoms with Crippen molar-refractivity contribution in [1.29, 1.82) is 0 Å². The highest BCUT2D eigenvalue weighted by Crippen LogP contribution is 2.30. The molecule has 0 bridgehead atoms. The Morgan fingerprint density at radius 3 is 2.78 bits per heavy atom. The van der Waals surface area contributed by atoms with Crippen LogP contribution in [0.1, 0.15) is 41.6 Å². The van der Waals surface area contributed by atoms with E-state index in [2.05, 4.69) is 16.8 Å². The molecule has 1 saturated heterocycles. The number of ether oxygens (including phenoxy) is 1. The van der Waals surface area contributed by atoms with Gasteiger partial charge in [-0.3, -0.25) is 4.79 Å². The van der Waals surface area contributed by atoms with Gasteiger partial charge < -0.3 is 9.64 Å². The fourth-order valence-corrected chi connectivity index (χ4v) is 3.29. The highest BCUT2D eigenvalue weighted by molar-refractivity contribution is 7.17. The molecule has 1 aromatic rings. The van der Waals surface area contributed by atoms with E-state index in [-0.39, 0.29) is 0 Å². The molecule has 0 N–H and O–H groups in total. The van der Waals surface area contributed by atoms with Crippen LogP contribution in [0.3, 0.4) is 0 Å². The normalized spacial score (nSPS) is 17.1. The fraction of sp³-hybridized carbons (Fsp3) is 0.692. The standard InChI is InChI=1S/C13H20N2O2S/c1-3-10-4-6-15(7-5-10)13-14-11(9-17-2)12(8-16)18-13/h8,10H,3-7,9H2,1-2H3. The van der Waals surface area contributed by atoms with Gasteiger partial charge in [-0.1, -0.05) is 24.7 Å². The van der Waals surface area contributed by atoms with E-state index in [9.17, 15) is 4.79 Å². The molecule has 0 atom stereocenters. The molecule has 0 radical (unpaired) electrons. The number of carbonyl (C=O) groups excluding carboxylic acids is 1. The second-order valence-corrected chi connectivity index (χ2v) is 5.71. The van der Waals surface area contributed by atoms with Gasteiger partial charge >= 0.3 is 0 Å². The Balaban J connectivity index is 2.07. The van der Waals surface area contributed by atoms with Crippen LogP contribution in [0.4, 0.5) is 5.13 Å². The topological polar surface area (TPSA) is 42.4 Å². The molecule has 5 heteroatoms.